The quantitative estimate of drug-likeness (QED) is 0.767. The van der Waals surface area contributed by atoms with Crippen LogP contribution in [0.5, 0.6) is 0 Å². The topological polar surface area (TPSA) is 38.0 Å². The third kappa shape index (κ3) is 2.49. The number of halogens is 2. The minimum absolute atomic E-state index is 0.111. The fraction of sp³-hybridized carbons (Fsp3) is 0.400. The molecule has 0 saturated carbocycles. The number of hydrogen-bond acceptors (Lipinski definition) is 2. The average Bonchev–Trinajstić information content (AvgIpc) is 2.15. The lowest BCUT2D eigenvalue weighted by molar-refractivity contribution is 0.543. The van der Waals surface area contributed by atoms with Gasteiger partial charge in [0.15, 0.2) is 0 Å². The second-order valence-electron chi connectivity index (χ2n) is 3.16. The second kappa shape index (κ2) is 5.02. The minimum atomic E-state index is -0.563. The van der Waals surface area contributed by atoms with Crippen LogP contribution in [0, 0.1) is 11.6 Å². The molecule has 1 aromatic rings. The summed E-state index contributed by atoms with van der Waals surface area (Å²) in [6.45, 7) is 0.919. The summed E-state index contributed by atoms with van der Waals surface area (Å²) in [6, 6.07) is 3.57. The first-order chi connectivity index (χ1) is 6.69. The van der Waals surface area contributed by atoms with E-state index in [1.165, 1.54) is 12.1 Å². The van der Waals surface area contributed by atoms with Crippen molar-refractivity contribution in [2.24, 2.45) is 5.73 Å². The molecule has 0 fully saturated rings. The molecule has 78 valence electrons. The smallest absolute Gasteiger partial charge is 0.129 e. The summed E-state index contributed by atoms with van der Waals surface area (Å²) in [7, 11) is 1.77. The predicted molar refractivity (Wildman–Crippen MR) is 52.1 cm³/mol. The van der Waals surface area contributed by atoms with E-state index in [-0.39, 0.29) is 5.92 Å². The van der Waals surface area contributed by atoms with E-state index in [4.69, 9.17) is 5.73 Å². The van der Waals surface area contributed by atoms with E-state index in [2.05, 4.69) is 5.32 Å². The van der Waals surface area contributed by atoms with Crippen molar-refractivity contribution in [3.8, 4) is 0 Å². The molecule has 0 saturated heterocycles. The lowest BCUT2D eigenvalue weighted by atomic mass is 9.98. The van der Waals surface area contributed by atoms with Gasteiger partial charge in [0.25, 0.3) is 0 Å². The van der Waals surface area contributed by atoms with Crippen molar-refractivity contribution in [3.05, 3.63) is 35.4 Å². The van der Waals surface area contributed by atoms with Crippen molar-refractivity contribution in [2.75, 3.05) is 20.1 Å². The van der Waals surface area contributed by atoms with Crippen molar-refractivity contribution in [2.45, 2.75) is 5.92 Å². The van der Waals surface area contributed by atoms with E-state index in [0.29, 0.717) is 18.7 Å². The van der Waals surface area contributed by atoms with E-state index in [9.17, 15) is 8.78 Å². The standard InChI is InChI=1S/C10H14F2N2/c1-14-6-7(5-13)9-3-2-8(11)4-10(9)12/h2-4,7,14H,5-6,13H2,1H3. The maximum Gasteiger partial charge on any atom is 0.129 e. The van der Waals surface area contributed by atoms with Crippen LogP contribution in [-0.4, -0.2) is 20.1 Å². The molecule has 14 heavy (non-hydrogen) atoms. The highest BCUT2D eigenvalue weighted by molar-refractivity contribution is 5.23. The molecule has 4 heteroatoms. The Labute approximate surface area is 82.1 Å². The first kappa shape index (κ1) is 11.1. The maximum atomic E-state index is 13.3. The van der Waals surface area contributed by atoms with Gasteiger partial charge in [0.05, 0.1) is 0 Å². The molecule has 0 spiro atoms. The third-order valence-corrected chi connectivity index (χ3v) is 2.14. The fourth-order valence-electron chi connectivity index (χ4n) is 1.40. The van der Waals surface area contributed by atoms with Crippen LogP contribution in [0.3, 0.4) is 0 Å². The van der Waals surface area contributed by atoms with Gasteiger partial charge in [0, 0.05) is 25.1 Å². The summed E-state index contributed by atoms with van der Waals surface area (Å²) < 4.78 is 25.9. The molecule has 0 aromatic heterocycles. The number of likely N-dealkylation sites (N-methyl/N-ethyl adjacent to an activating group) is 1. The van der Waals surface area contributed by atoms with Crippen molar-refractivity contribution >= 4 is 0 Å². The van der Waals surface area contributed by atoms with Gasteiger partial charge in [-0.25, -0.2) is 8.78 Å². The summed E-state index contributed by atoms with van der Waals surface area (Å²) >= 11 is 0. The van der Waals surface area contributed by atoms with Gasteiger partial charge in [-0.15, -0.1) is 0 Å². The molecule has 0 heterocycles. The largest absolute Gasteiger partial charge is 0.330 e. The van der Waals surface area contributed by atoms with Gasteiger partial charge >= 0.3 is 0 Å². The molecule has 0 radical (unpaired) electrons. The Kier molecular flexibility index (Phi) is 3.98. The van der Waals surface area contributed by atoms with E-state index >= 15 is 0 Å². The first-order valence-electron chi connectivity index (χ1n) is 4.48. The number of nitrogens with two attached hydrogens (primary N) is 1. The SMILES string of the molecule is CNCC(CN)c1ccc(F)cc1F. The molecule has 0 amide bonds. The molecular weight excluding hydrogens is 186 g/mol. The van der Waals surface area contributed by atoms with Crippen molar-refractivity contribution in [1.29, 1.82) is 0 Å². The average molecular weight is 200 g/mol. The van der Waals surface area contributed by atoms with E-state index in [1.54, 1.807) is 7.05 Å². The Morgan fingerprint density at radius 3 is 2.64 bits per heavy atom. The van der Waals surface area contributed by atoms with E-state index < -0.39 is 11.6 Å². The number of benzene rings is 1. The van der Waals surface area contributed by atoms with Crippen molar-refractivity contribution in [3.63, 3.8) is 0 Å². The van der Waals surface area contributed by atoms with Gasteiger partial charge in [-0.3, -0.25) is 0 Å². The fourth-order valence-corrected chi connectivity index (χ4v) is 1.40. The van der Waals surface area contributed by atoms with Crippen LogP contribution in [0.2, 0.25) is 0 Å². The zero-order chi connectivity index (χ0) is 10.6. The van der Waals surface area contributed by atoms with Gasteiger partial charge < -0.3 is 11.1 Å². The highest BCUT2D eigenvalue weighted by Gasteiger charge is 2.13. The molecule has 0 aliphatic heterocycles. The van der Waals surface area contributed by atoms with Crippen molar-refractivity contribution < 1.29 is 8.78 Å². The first-order valence-corrected chi connectivity index (χ1v) is 4.48. The number of rotatable bonds is 4. The van der Waals surface area contributed by atoms with Gasteiger partial charge in [-0.1, -0.05) is 6.07 Å². The Morgan fingerprint density at radius 1 is 1.43 bits per heavy atom. The van der Waals surface area contributed by atoms with Crippen molar-refractivity contribution in [1.82, 2.24) is 5.32 Å². The van der Waals surface area contributed by atoms with Crippen LogP contribution in [-0.2, 0) is 0 Å². The number of hydrogen-bond donors (Lipinski definition) is 2. The molecule has 0 aliphatic carbocycles. The molecule has 1 unspecified atom stereocenters. The van der Waals surface area contributed by atoms with Gasteiger partial charge in [0.1, 0.15) is 11.6 Å². The molecular formula is C10H14F2N2. The second-order valence-corrected chi connectivity index (χ2v) is 3.16. The molecule has 0 bridgehead atoms. The summed E-state index contributed by atoms with van der Waals surface area (Å²) in [4.78, 5) is 0. The molecule has 2 nitrogen and oxygen atoms in total. The van der Waals surface area contributed by atoms with Crippen LogP contribution < -0.4 is 11.1 Å². The maximum absolute atomic E-state index is 13.3. The lowest BCUT2D eigenvalue weighted by Crippen LogP contribution is -2.24. The lowest BCUT2D eigenvalue weighted by Gasteiger charge is -2.15. The Bertz CT molecular complexity index is 302. The van der Waals surface area contributed by atoms with Crippen LogP contribution in [0.1, 0.15) is 11.5 Å². The van der Waals surface area contributed by atoms with E-state index in [1.807, 2.05) is 0 Å². The minimum Gasteiger partial charge on any atom is -0.330 e. The molecule has 3 N–H and O–H groups in total. The highest BCUT2D eigenvalue weighted by atomic mass is 19.1. The number of nitrogens with one attached hydrogen (secondary N) is 1. The summed E-state index contributed by atoms with van der Waals surface area (Å²) in [5.41, 5.74) is 5.96. The monoisotopic (exact) mass is 200 g/mol. The van der Waals surface area contributed by atoms with Crippen LogP contribution in [0.4, 0.5) is 8.78 Å². The molecule has 0 aliphatic rings. The van der Waals surface area contributed by atoms with Gasteiger partial charge in [0.2, 0.25) is 0 Å². The summed E-state index contributed by atoms with van der Waals surface area (Å²) in [5.74, 6) is -1.21. The summed E-state index contributed by atoms with van der Waals surface area (Å²) in [6.07, 6.45) is 0. The van der Waals surface area contributed by atoms with Crippen LogP contribution in [0.25, 0.3) is 0 Å². The normalized spacial score (nSPS) is 12.9. The van der Waals surface area contributed by atoms with Gasteiger partial charge in [-0.2, -0.15) is 0 Å². The highest BCUT2D eigenvalue weighted by Crippen LogP contribution is 2.18. The zero-order valence-corrected chi connectivity index (χ0v) is 8.06. The Morgan fingerprint density at radius 2 is 2.14 bits per heavy atom. The Balaban J connectivity index is 2.92. The van der Waals surface area contributed by atoms with Crippen LogP contribution in [0.15, 0.2) is 18.2 Å². The van der Waals surface area contributed by atoms with Gasteiger partial charge in [-0.05, 0) is 18.7 Å². The predicted octanol–water partition coefficient (Wildman–Crippen LogP) is 1.23. The molecule has 1 atom stereocenters. The third-order valence-electron chi connectivity index (χ3n) is 2.14. The van der Waals surface area contributed by atoms with Crippen LogP contribution >= 0.6 is 0 Å². The summed E-state index contributed by atoms with van der Waals surface area (Å²) in [5, 5.41) is 2.92. The zero-order valence-electron chi connectivity index (χ0n) is 8.06. The molecule has 1 aromatic carbocycles. The Hall–Kier alpha value is -1.00. The van der Waals surface area contributed by atoms with E-state index in [0.717, 1.165) is 6.07 Å². The molecule has 1 rings (SSSR count).